The Morgan fingerprint density at radius 2 is 2.07 bits per heavy atom. The van der Waals surface area contributed by atoms with Crippen molar-refractivity contribution in [1.29, 1.82) is 0 Å². The van der Waals surface area contributed by atoms with Gasteiger partial charge in [0.25, 0.3) is 0 Å². The molecule has 0 bridgehead atoms. The van der Waals surface area contributed by atoms with Crippen molar-refractivity contribution in [1.82, 2.24) is 14.6 Å². The number of benzene rings is 1. The number of fused-ring (bicyclic) bond motifs is 2. The van der Waals surface area contributed by atoms with E-state index in [9.17, 15) is 0 Å². The lowest BCUT2D eigenvalue weighted by Gasteiger charge is -2.24. The van der Waals surface area contributed by atoms with Gasteiger partial charge in [-0.1, -0.05) is 6.07 Å². The van der Waals surface area contributed by atoms with Gasteiger partial charge in [0.1, 0.15) is 5.75 Å². The van der Waals surface area contributed by atoms with Crippen molar-refractivity contribution in [2.24, 2.45) is 5.73 Å². The molecule has 1 unspecified atom stereocenters. The lowest BCUT2D eigenvalue weighted by molar-refractivity contribution is 0.166. The number of aromatic nitrogens is 3. The normalized spacial score (nSPS) is 18.9. The summed E-state index contributed by atoms with van der Waals surface area (Å²) < 4.78 is 12.5. The topological polar surface area (TPSA) is 74.7 Å². The molecular formula is C21H26N4O2. The quantitative estimate of drug-likeness (QED) is 0.751. The summed E-state index contributed by atoms with van der Waals surface area (Å²) >= 11 is 0. The largest absolute Gasteiger partial charge is 0.497 e. The summed E-state index contributed by atoms with van der Waals surface area (Å²) in [6.45, 7) is 4.74. The maximum absolute atomic E-state index is 6.72. The Bertz CT molecular complexity index is 1010. The lowest BCUT2D eigenvalue weighted by Crippen LogP contribution is -2.36. The number of nitrogens with two attached hydrogens (primary N) is 1. The van der Waals surface area contributed by atoms with E-state index in [0.29, 0.717) is 6.61 Å². The van der Waals surface area contributed by atoms with Crippen molar-refractivity contribution in [3.63, 3.8) is 0 Å². The first-order valence-electron chi connectivity index (χ1n) is 9.29. The summed E-state index contributed by atoms with van der Waals surface area (Å²) in [4.78, 5) is 5.03. The van der Waals surface area contributed by atoms with Crippen molar-refractivity contribution in [3.8, 4) is 16.9 Å². The molecule has 2 N–H and O–H groups in total. The Balaban J connectivity index is 1.88. The van der Waals surface area contributed by atoms with Crippen LogP contribution in [0.4, 0.5) is 0 Å². The molecule has 0 radical (unpaired) electrons. The van der Waals surface area contributed by atoms with E-state index in [0.717, 1.165) is 58.7 Å². The molecule has 1 aliphatic carbocycles. The average molecular weight is 366 g/mol. The molecular weight excluding hydrogens is 340 g/mol. The molecule has 6 nitrogen and oxygen atoms in total. The summed E-state index contributed by atoms with van der Waals surface area (Å²) in [6.07, 6.45) is 4.67. The number of hydrogen-bond acceptors (Lipinski definition) is 5. The van der Waals surface area contributed by atoms with Crippen LogP contribution in [0.1, 0.15) is 35.4 Å². The van der Waals surface area contributed by atoms with Crippen molar-refractivity contribution in [2.45, 2.75) is 38.6 Å². The zero-order chi connectivity index (χ0) is 19.2. The van der Waals surface area contributed by atoms with Crippen LogP contribution < -0.4 is 10.5 Å². The van der Waals surface area contributed by atoms with Crippen LogP contribution in [0.2, 0.25) is 0 Å². The van der Waals surface area contributed by atoms with Crippen LogP contribution in [-0.4, -0.2) is 35.4 Å². The molecule has 1 atom stereocenters. The molecule has 27 heavy (non-hydrogen) atoms. The minimum absolute atomic E-state index is 0.433. The zero-order valence-electron chi connectivity index (χ0n) is 16.4. The van der Waals surface area contributed by atoms with Crippen LogP contribution in [-0.2, 0) is 16.7 Å². The number of aryl methyl sites for hydroxylation is 3. The highest BCUT2D eigenvalue weighted by Crippen LogP contribution is 2.38. The molecule has 1 aliphatic rings. The molecule has 0 fully saturated rings. The van der Waals surface area contributed by atoms with Gasteiger partial charge in [-0.25, -0.2) is 9.50 Å². The van der Waals surface area contributed by atoms with E-state index in [1.165, 1.54) is 5.56 Å². The summed E-state index contributed by atoms with van der Waals surface area (Å²) in [6, 6.07) is 6.09. The van der Waals surface area contributed by atoms with Crippen LogP contribution in [0, 0.1) is 13.8 Å². The fourth-order valence-electron chi connectivity index (χ4n) is 4.10. The molecule has 0 saturated heterocycles. The second-order valence-electron chi connectivity index (χ2n) is 7.42. The second kappa shape index (κ2) is 6.62. The highest BCUT2D eigenvalue weighted by molar-refractivity contribution is 5.82. The lowest BCUT2D eigenvalue weighted by atomic mass is 9.94. The van der Waals surface area contributed by atoms with Crippen molar-refractivity contribution < 1.29 is 9.47 Å². The molecule has 2 heterocycles. The molecule has 2 aromatic heterocycles. The van der Waals surface area contributed by atoms with E-state index < -0.39 is 5.54 Å². The van der Waals surface area contributed by atoms with Gasteiger partial charge in [-0.2, -0.15) is 5.10 Å². The molecule has 1 aromatic carbocycles. The third-order valence-electron chi connectivity index (χ3n) is 5.63. The van der Waals surface area contributed by atoms with E-state index >= 15 is 0 Å². The first-order chi connectivity index (χ1) is 13.0. The Kier molecular flexibility index (Phi) is 4.40. The first kappa shape index (κ1) is 17.9. The summed E-state index contributed by atoms with van der Waals surface area (Å²) in [5, 5.41) is 4.72. The number of nitrogens with zero attached hydrogens (tertiary/aromatic N) is 3. The van der Waals surface area contributed by atoms with Crippen molar-refractivity contribution in [2.75, 3.05) is 20.8 Å². The number of ether oxygens (including phenoxy) is 2. The van der Waals surface area contributed by atoms with E-state index in [1.807, 2.05) is 23.6 Å². The van der Waals surface area contributed by atoms with Crippen molar-refractivity contribution in [3.05, 3.63) is 46.9 Å². The highest BCUT2D eigenvalue weighted by atomic mass is 16.5. The Hall–Kier alpha value is -2.44. The van der Waals surface area contributed by atoms with Gasteiger partial charge in [-0.05, 0) is 61.9 Å². The summed E-state index contributed by atoms with van der Waals surface area (Å²) in [5.74, 6) is 0.847. The average Bonchev–Trinajstić information content (AvgIpc) is 3.15. The number of methoxy groups -OCH3 is 2. The van der Waals surface area contributed by atoms with Gasteiger partial charge in [0, 0.05) is 25.5 Å². The summed E-state index contributed by atoms with van der Waals surface area (Å²) in [7, 11) is 3.39. The SMILES string of the molecule is COCCC1(N)CCc2cn3nc(C)c(-c4ccc(OC)cc4C)c3nc21. The Labute approximate surface area is 159 Å². The third-order valence-corrected chi connectivity index (χ3v) is 5.63. The van der Waals surface area contributed by atoms with Crippen LogP contribution in [0.3, 0.4) is 0 Å². The van der Waals surface area contributed by atoms with Crippen LogP contribution in [0.15, 0.2) is 24.4 Å². The van der Waals surface area contributed by atoms with Crippen LogP contribution in [0.5, 0.6) is 5.75 Å². The van der Waals surface area contributed by atoms with Gasteiger partial charge in [0.05, 0.1) is 24.0 Å². The minimum Gasteiger partial charge on any atom is -0.497 e. The highest BCUT2D eigenvalue weighted by Gasteiger charge is 2.37. The number of rotatable bonds is 5. The standard InChI is InChI=1S/C21H26N4O2/c1-13-11-16(27-4)5-6-17(13)18-14(2)24-25-12-15-7-8-21(22,9-10-26-3)19(15)23-20(18)25/h5-6,11-12H,7-10,22H2,1-4H3. The monoisotopic (exact) mass is 366 g/mol. The molecule has 0 amide bonds. The Morgan fingerprint density at radius 3 is 2.78 bits per heavy atom. The fraction of sp³-hybridized carbons (Fsp3) is 0.429. The van der Waals surface area contributed by atoms with Gasteiger partial charge >= 0.3 is 0 Å². The first-order valence-corrected chi connectivity index (χ1v) is 9.29. The van der Waals surface area contributed by atoms with Gasteiger partial charge < -0.3 is 15.2 Å². The summed E-state index contributed by atoms with van der Waals surface area (Å²) in [5.41, 5.74) is 13.6. The predicted octanol–water partition coefficient (Wildman–Crippen LogP) is 3.16. The maximum atomic E-state index is 6.72. The molecule has 6 heteroatoms. The third kappa shape index (κ3) is 2.89. The van der Waals surface area contributed by atoms with Crippen LogP contribution >= 0.6 is 0 Å². The second-order valence-corrected chi connectivity index (χ2v) is 7.42. The molecule has 0 aliphatic heterocycles. The number of hydrogen-bond donors (Lipinski definition) is 1. The molecule has 3 aromatic rings. The van der Waals surface area contributed by atoms with Gasteiger partial charge in [0.2, 0.25) is 0 Å². The smallest absolute Gasteiger partial charge is 0.163 e. The van der Waals surface area contributed by atoms with Gasteiger partial charge in [0.15, 0.2) is 5.65 Å². The predicted molar refractivity (Wildman–Crippen MR) is 105 cm³/mol. The fourth-order valence-corrected chi connectivity index (χ4v) is 4.10. The van der Waals surface area contributed by atoms with E-state index in [-0.39, 0.29) is 0 Å². The molecule has 142 valence electrons. The van der Waals surface area contributed by atoms with Crippen molar-refractivity contribution >= 4 is 5.65 Å². The van der Waals surface area contributed by atoms with Crippen LogP contribution in [0.25, 0.3) is 16.8 Å². The van der Waals surface area contributed by atoms with E-state index in [4.69, 9.17) is 25.3 Å². The minimum atomic E-state index is -0.433. The Morgan fingerprint density at radius 1 is 1.26 bits per heavy atom. The van der Waals surface area contributed by atoms with Gasteiger partial charge in [-0.15, -0.1) is 0 Å². The molecule has 0 saturated carbocycles. The van der Waals surface area contributed by atoms with E-state index in [2.05, 4.69) is 19.2 Å². The van der Waals surface area contributed by atoms with Gasteiger partial charge in [-0.3, -0.25) is 0 Å². The van der Waals surface area contributed by atoms with E-state index in [1.54, 1.807) is 14.2 Å². The molecule has 0 spiro atoms. The zero-order valence-corrected chi connectivity index (χ0v) is 16.4. The molecule has 4 rings (SSSR count). The maximum Gasteiger partial charge on any atom is 0.163 e.